The van der Waals surface area contributed by atoms with Gasteiger partial charge >= 0.3 is 0 Å². The van der Waals surface area contributed by atoms with Gasteiger partial charge in [-0.3, -0.25) is 19.3 Å². The molecule has 7 nitrogen and oxygen atoms in total. The molecule has 1 atom stereocenters. The largest absolute Gasteiger partial charge is 0.340 e. The number of hydrogen-bond donors (Lipinski definition) is 2. The van der Waals surface area contributed by atoms with Crippen LogP contribution in [0.15, 0.2) is 66.7 Å². The first-order chi connectivity index (χ1) is 17.3. The van der Waals surface area contributed by atoms with Gasteiger partial charge in [-0.25, -0.2) is 4.39 Å². The highest BCUT2D eigenvalue weighted by Crippen LogP contribution is 2.40. The van der Waals surface area contributed by atoms with E-state index in [-0.39, 0.29) is 23.8 Å². The molecular weight excluding hydrogens is 459 g/mol. The maximum atomic E-state index is 14.0. The Hall–Kier alpha value is -4.04. The maximum absolute atomic E-state index is 14.0. The Balaban J connectivity index is 1.82. The molecule has 0 radical (unpaired) electrons. The minimum atomic E-state index is -0.623. The molecular formula is C28H29FN4O3. The topological polar surface area (TPSA) is 81.8 Å². The Kier molecular flexibility index (Phi) is 7.45. The average molecular weight is 489 g/mol. The number of likely N-dealkylation sites (N-methyl/N-ethyl adjacent to an activating group) is 2. The van der Waals surface area contributed by atoms with Crippen LogP contribution >= 0.6 is 0 Å². The predicted molar refractivity (Wildman–Crippen MR) is 138 cm³/mol. The normalized spacial score (nSPS) is 15.1. The van der Waals surface area contributed by atoms with Gasteiger partial charge in [-0.1, -0.05) is 35.9 Å². The number of carbonyl (C=O) groups excluding carboxylic acids is 3. The van der Waals surface area contributed by atoms with Crippen LogP contribution in [0.1, 0.15) is 44.3 Å². The summed E-state index contributed by atoms with van der Waals surface area (Å²) >= 11 is 0. The van der Waals surface area contributed by atoms with Crippen molar-refractivity contribution in [3.05, 3.63) is 94.8 Å². The maximum Gasteiger partial charge on any atom is 0.259 e. The monoisotopic (exact) mass is 488 g/mol. The van der Waals surface area contributed by atoms with Crippen LogP contribution in [-0.4, -0.2) is 49.8 Å². The lowest BCUT2D eigenvalue weighted by Gasteiger charge is -2.31. The van der Waals surface area contributed by atoms with Crippen molar-refractivity contribution in [2.75, 3.05) is 37.4 Å². The SMILES string of the molecule is CNCCN(C)C(=O)c1ccc2c(c1)NC(=O)CC(c1ccc(C)cc1)N2C(=O)c1cccc(F)c1. The molecule has 0 bridgehead atoms. The molecule has 1 aliphatic rings. The highest BCUT2D eigenvalue weighted by molar-refractivity contribution is 6.12. The van der Waals surface area contributed by atoms with Crippen LogP contribution in [0.5, 0.6) is 0 Å². The zero-order valence-corrected chi connectivity index (χ0v) is 20.5. The second-order valence-electron chi connectivity index (χ2n) is 8.93. The van der Waals surface area contributed by atoms with Gasteiger partial charge in [0, 0.05) is 31.3 Å². The molecule has 3 aromatic rings. The van der Waals surface area contributed by atoms with Crippen LogP contribution in [0.2, 0.25) is 0 Å². The first kappa shape index (κ1) is 25.1. The van der Waals surface area contributed by atoms with Gasteiger partial charge < -0.3 is 15.5 Å². The summed E-state index contributed by atoms with van der Waals surface area (Å²) in [6.45, 7) is 3.11. The summed E-state index contributed by atoms with van der Waals surface area (Å²) in [7, 11) is 3.52. The van der Waals surface area contributed by atoms with Crippen molar-refractivity contribution in [2.45, 2.75) is 19.4 Å². The van der Waals surface area contributed by atoms with Crippen molar-refractivity contribution >= 4 is 29.1 Å². The average Bonchev–Trinajstić information content (AvgIpc) is 3.01. The number of halogens is 1. The van der Waals surface area contributed by atoms with Crippen LogP contribution in [-0.2, 0) is 4.79 Å². The van der Waals surface area contributed by atoms with Crippen molar-refractivity contribution < 1.29 is 18.8 Å². The highest BCUT2D eigenvalue weighted by atomic mass is 19.1. The number of nitrogens with zero attached hydrogens (tertiary/aromatic N) is 2. The van der Waals surface area contributed by atoms with Gasteiger partial charge in [0.1, 0.15) is 5.82 Å². The van der Waals surface area contributed by atoms with E-state index in [9.17, 15) is 18.8 Å². The number of benzene rings is 3. The van der Waals surface area contributed by atoms with E-state index in [0.29, 0.717) is 30.0 Å². The van der Waals surface area contributed by atoms with E-state index in [1.54, 1.807) is 36.2 Å². The summed E-state index contributed by atoms with van der Waals surface area (Å²) in [6, 6.07) is 17.4. The van der Waals surface area contributed by atoms with Gasteiger partial charge in [0.15, 0.2) is 0 Å². The van der Waals surface area contributed by atoms with E-state index in [1.807, 2.05) is 38.2 Å². The second kappa shape index (κ2) is 10.7. The predicted octanol–water partition coefficient (Wildman–Crippen LogP) is 4.16. The van der Waals surface area contributed by atoms with Gasteiger partial charge in [-0.05, 0) is 55.9 Å². The summed E-state index contributed by atoms with van der Waals surface area (Å²) in [4.78, 5) is 42.9. The summed E-state index contributed by atoms with van der Waals surface area (Å²) in [6.07, 6.45) is 0.00412. The van der Waals surface area contributed by atoms with Crippen LogP contribution in [0.25, 0.3) is 0 Å². The minimum absolute atomic E-state index is 0.00412. The van der Waals surface area contributed by atoms with Crippen LogP contribution in [0.3, 0.4) is 0 Å². The minimum Gasteiger partial charge on any atom is -0.340 e. The lowest BCUT2D eigenvalue weighted by molar-refractivity contribution is -0.116. The molecule has 1 heterocycles. The van der Waals surface area contributed by atoms with Crippen molar-refractivity contribution in [3.63, 3.8) is 0 Å². The number of anilines is 2. The molecule has 3 amide bonds. The first-order valence-electron chi connectivity index (χ1n) is 11.8. The molecule has 3 aromatic carbocycles. The molecule has 0 aliphatic carbocycles. The number of rotatable bonds is 6. The number of hydrogen-bond acceptors (Lipinski definition) is 4. The number of carbonyl (C=O) groups is 3. The molecule has 0 saturated heterocycles. The van der Waals surface area contributed by atoms with Gasteiger partial charge in [0.2, 0.25) is 5.91 Å². The van der Waals surface area contributed by atoms with Crippen molar-refractivity contribution in [3.8, 4) is 0 Å². The Bertz CT molecular complexity index is 1290. The smallest absolute Gasteiger partial charge is 0.259 e. The Morgan fingerprint density at radius 3 is 2.53 bits per heavy atom. The molecule has 0 fully saturated rings. The van der Waals surface area contributed by atoms with Gasteiger partial charge in [0.05, 0.1) is 23.8 Å². The van der Waals surface area contributed by atoms with Crippen LogP contribution in [0.4, 0.5) is 15.8 Å². The van der Waals surface area contributed by atoms with E-state index < -0.39 is 17.8 Å². The van der Waals surface area contributed by atoms with Gasteiger partial charge in [-0.2, -0.15) is 0 Å². The first-order valence-corrected chi connectivity index (χ1v) is 11.8. The lowest BCUT2D eigenvalue weighted by Crippen LogP contribution is -2.35. The second-order valence-corrected chi connectivity index (χ2v) is 8.93. The van der Waals surface area contributed by atoms with E-state index in [0.717, 1.165) is 11.1 Å². The third kappa shape index (κ3) is 5.28. The van der Waals surface area contributed by atoms with Crippen LogP contribution in [0, 0.1) is 12.7 Å². The quantitative estimate of drug-likeness (QED) is 0.546. The zero-order chi connectivity index (χ0) is 25.8. The summed E-state index contributed by atoms with van der Waals surface area (Å²) < 4.78 is 14.0. The highest BCUT2D eigenvalue weighted by Gasteiger charge is 2.34. The molecule has 4 rings (SSSR count). The third-order valence-electron chi connectivity index (χ3n) is 6.26. The number of nitrogens with one attached hydrogen (secondary N) is 2. The van der Waals surface area contributed by atoms with Crippen molar-refractivity contribution in [1.29, 1.82) is 0 Å². The van der Waals surface area contributed by atoms with E-state index in [4.69, 9.17) is 0 Å². The Labute approximate surface area is 209 Å². The number of aryl methyl sites for hydroxylation is 1. The molecule has 0 saturated carbocycles. The molecule has 0 aromatic heterocycles. The summed E-state index contributed by atoms with van der Waals surface area (Å²) in [5.41, 5.74) is 3.17. The molecule has 0 spiro atoms. The number of amides is 3. The molecule has 1 unspecified atom stereocenters. The third-order valence-corrected chi connectivity index (χ3v) is 6.26. The number of fused-ring (bicyclic) bond motifs is 1. The van der Waals surface area contributed by atoms with E-state index in [2.05, 4.69) is 10.6 Å². The standard InChI is InChI=1S/C28H29FN4O3/c1-18-7-9-19(10-8-18)25-17-26(34)31-23-16-21(27(35)32(3)14-13-30-2)11-12-24(23)33(25)28(36)20-5-4-6-22(29)15-20/h4-12,15-16,25,30H,13-14,17H2,1-3H3,(H,31,34). The Morgan fingerprint density at radius 2 is 1.83 bits per heavy atom. The van der Waals surface area contributed by atoms with Crippen molar-refractivity contribution in [1.82, 2.24) is 10.2 Å². The van der Waals surface area contributed by atoms with Gasteiger partial charge in [-0.15, -0.1) is 0 Å². The summed E-state index contributed by atoms with van der Waals surface area (Å²) in [5, 5.41) is 5.88. The summed E-state index contributed by atoms with van der Waals surface area (Å²) in [5.74, 6) is -1.46. The molecule has 186 valence electrons. The van der Waals surface area contributed by atoms with E-state index in [1.165, 1.54) is 23.1 Å². The lowest BCUT2D eigenvalue weighted by atomic mass is 9.98. The molecule has 2 N–H and O–H groups in total. The zero-order valence-electron chi connectivity index (χ0n) is 20.5. The van der Waals surface area contributed by atoms with E-state index >= 15 is 0 Å². The fourth-order valence-corrected chi connectivity index (χ4v) is 4.28. The van der Waals surface area contributed by atoms with Gasteiger partial charge in [0.25, 0.3) is 11.8 Å². The van der Waals surface area contributed by atoms with Crippen LogP contribution < -0.4 is 15.5 Å². The fraction of sp³-hybridized carbons (Fsp3) is 0.250. The fourth-order valence-electron chi connectivity index (χ4n) is 4.28. The van der Waals surface area contributed by atoms with Crippen molar-refractivity contribution in [2.24, 2.45) is 0 Å². The molecule has 36 heavy (non-hydrogen) atoms. The molecule has 8 heteroatoms. The Morgan fingerprint density at radius 1 is 1.08 bits per heavy atom. The molecule has 1 aliphatic heterocycles.